The molecule has 0 aromatic rings. The molecule has 0 aliphatic carbocycles. The number of hydrogen-bond acceptors (Lipinski definition) is 3. The molecule has 0 bridgehead atoms. The van der Waals surface area contributed by atoms with Crippen LogP contribution in [0.25, 0.3) is 0 Å². The van der Waals surface area contributed by atoms with Gasteiger partial charge in [0.25, 0.3) is 0 Å². The molecular formula is C16H35NO2. The Bertz CT molecular complexity index is 191. The van der Waals surface area contributed by atoms with Crippen LogP contribution in [0, 0.1) is 11.3 Å². The summed E-state index contributed by atoms with van der Waals surface area (Å²) in [4.78, 5) is 0. The summed E-state index contributed by atoms with van der Waals surface area (Å²) in [6.07, 6.45) is 4.88. The van der Waals surface area contributed by atoms with Crippen molar-refractivity contribution in [3.8, 4) is 0 Å². The SMILES string of the molecule is CCC(CC)(CCCOCCOC)CNCC(C)C. The molecule has 0 aliphatic rings. The summed E-state index contributed by atoms with van der Waals surface area (Å²) >= 11 is 0. The zero-order valence-corrected chi connectivity index (χ0v) is 13.8. The van der Waals surface area contributed by atoms with Gasteiger partial charge in [-0.05, 0) is 43.6 Å². The van der Waals surface area contributed by atoms with E-state index in [0.717, 1.165) is 32.0 Å². The van der Waals surface area contributed by atoms with Gasteiger partial charge in [0.15, 0.2) is 0 Å². The maximum atomic E-state index is 5.56. The van der Waals surface area contributed by atoms with Gasteiger partial charge >= 0.3 is 0 Å². The first-order valence-corrected chi connectivity index (χ1v) is 7.87. The van der Waals surface area contributed by atoms with E-state index in [1.54, 1.807) is 7.11 Å². The number of rotatable bonds is 13. The molecule has 0 aliphatic heterocycles. The molecule has 0 saturated heterocycles. The minimum Gasteiger partial charge on any atom is -0.382 e. The Hall–Kier alpha value is -0.120. The zero-order valence-electron chi connectivity index (χ0n) is 13.8. The second-order valence-corrected chi connectivity index (χ2v) is 5.94. The van der Waals surface area contributed by atoms with Gasteiger partial charge in [-0.15, -0.1) is 0 Å². The highest BCUT2D eigenvalue weighted by molar-refractivity contribution is 4.79. The van der Waals surface area contributed by atoms with Crippen LogP contribution in [0.5, 0.6) is 0 Å². The maximum absolute atomic E-state index is 5.56. The van der Waals surface area contributed by atoms with Crippen molar-refractivity contribution in [1.82, 2.24) is 5.32 Å². The van der Waals surface area contributed by atoms with Gasteiger partial charge in [0.2, 0.25) is 0 Å². The van der Waals surface area contributed by atoms with Gasteiger partial charge in [-0.25, -0.2) is 0 Å². The molecule has 0 atom stereocenters. The topological polar surface area (TPSA) is 30.5 Å². The Morgan fingerprint density at radius 1 is 1.05 bits per heavy atom. The van der Waals surface area contributed by atoms with Crippen LogP contribution in [-0.2, 0) is 9.47 Å². The fraction of sp³-hybridized carbons (Fsp3) is 1.00. The summed E-state index contributed by atoms with van der Waals surface area (Å²) in [5.74, 6) is 0.726. The molecule has 0 aromatic heterocycles. The van der Waals surface area contributed by atoms with Gasteiger partial charge in [-0.2, -0.15) is 0 Å². The molecule has 3 heteroatoms. The van der Waals surface area contributed by atoms with Crippen molar-refractivity contribution in [3.05, 3.63) is 0 Å². The van der Waals surface area contributed by atoms with Crippen LogP contribution in [0.3, 0.4) is 0 Å². The summed E-state index contributed by atoms with van der Waals surface area (Å²) in [6.45, 7) is 13.7. The van der Waals surface area contributed by atoms with E-state index in [1.165, 1.54) is 19.3 Å². The third-order valence-electron chi connectivity index (χ3n) is 3.98. The van der Waals surface area contributed by atoms with Gasteiger partial charge < -0.3 is 14.8 Å². The lowest BCUT2D eigenvalue weighted by Crippen LogP contribution is -2.35. The van der Waals surface area contributed by atoms with Crippen molar-refractivity contribution < 1.29 is 9.47 Å². The van der Waals surface area contributed by atoms with E-state index < -0.39 is 0 Å². The van der Waals surface area contributed by atoms with Crippen molar-refractivity contribution in [3.63, 3.8) is 0 Å². The van der Waals surface area contributed by atoms with Crippen LogP contribution < -0.4 is 5.32 Å². The van der Waals surface area contributed by atoms with Crippen LogP contribution in [0.1, 0.15) is 53.4 Å². The highest BCUT2D eigenvalue weighted by Gasteiger charge is 2.25. The van der Waals surface area contributed by atoms with Crippen LogP contribution >= 0.6 is 0 Å². The first-order valence-electron chi connectivity index (χ1n) is 7.87. The van der Waals surface area contributed by atoms with Crippen molar-refractivity contribution in [2.45, 2.75) is 53.4 Å². The van der Waals surface area contributed by atoms with Crippen molar-refractivity contribution >= 4 is 0 Å². The summed E-state index contributed by atoms with van der Waals surface area (Å²) in [5, 5.41) is 3.63. The van der Waals surface area contributed by atoms with Gasteiger partial charge in [0.05, 0.1) is 13.2 Å². The normalized spacial score (nSPS) is 12.3. The smallest absolute Gasteiger partial charge is 0.0700 e. The maximum Gasteiger partial charge on any atom is 0.0700 e. The van der Waals surface area contributed by atoms with E-state index in [1.807, 2.05) is 0 Å². The molecule has 0 spiro atoms. The highest BCUT2D eigenvalue weighted by Crippen LogP contribution is 2.31. The molecule has 1 N–H and O–H groups in total. The van der Waals surface area contributed by atoms with Crippen molar-refractivity contribution in [2.75, 3.05) is 40.0 Å². The quantitative estimate of drug-likeness (QED) is 0.521. The fourth-order valence-corrected chi connectivity index (χ4v) is 2.36. The lowest BCUT2D eigenvalue weighted by molar-refractivity contribution is 0.0623. The third kappa shape index (κ3) is 9.42. The average molecular weight is 273 g/mol. The Kier molecular flexibility index (Phi) is 11.6. The van der Waals surface area contributed by atoms with E-state index >= 15 is 0 Å². The Morgan fingerprint density at radius 3 is 2.26 bits per heavy atom. The molecule has 0 fully saturated rings. The number of nitrogens with one attached hydrogen (secondary N) is 1. The molecule has 0 rings (SSSR count). The van der Waals surface area contributed by atoms with Crippen LogP contribution in [-0.4, -0.2) is 40.0 Å². The van der Waals surface area contributed by atoms with Crippen molar-refractivity contribution in [1.29, 1.82) is 0 Å². The Morgan fingerprint density at radius 2 is 1.74 bits per heavy atom. The number of hydrogen-bond donors (Lipinski definition) is 1. The fourth-order valence-electron chi connectivity index (χ4n) is 2.36. The molecule has 0 saturated carbocycles. The van der Waals surface area contributed by atoms with Crippen LogP contribution in [0.4, 0.5) is 0 Å². The van der Waals surface area contributed by atoms with Gasteiger partial charge in [-0.1, -0.05) is 27.7 Å². The summed E-state index contributed by atoms with van der Waals surface area (Å²) in [6, 6.07) is 0. The second-order valence-electron chi connectivity index (χ2n) is 5.94. The zero-order chi connectivity index (χ0) is 14.6. The molecule has 19 heavy (non-hydrogen) atoms. The highest BCUT2D eigenvalue weighted by atomic mass is 16.5. The predicted octanol–water partition coefficient (Wildman–Crippen LogP) is 3.48. The van der Waals surface area contributed by atoms with Gasteiger partial charge in [0, 0.05) is 20.3 Å². The molecular weight excluding hydrogens is 238 g/mol. The molecule has 0 heterocycles. The van der Waals surface area contributed by atoms with E-state index in [9.17, 15) is 0 Å². The minimum atomic E-state index is 0.444. The number of methoxy groups -OCH3 is 1. The standard InChI is InChI=1S/C16H35NO2/c1-6-16(7-2,14-17-13-15(3)4)9-8-10-19-12-11-18-5/h15,17H,6-14H2,1-5H3. The van der Waals surface area contributed by atoms with Gasteiger partial charge in [-0.3, -0.25) is 0 Å². The van der Waals surface area contributed by atoms with E-state index in [-0.39, 0.29) is 0 Å². The molecule has 0 unspecified atom stereocenters. The van der Waals surface area contributed by atoms with E-state index in [0.29, 0.717) is 18.6 Å². The lowest BCUT2D eigenvalue weighted by Gasteiger charge is -2.32. The first kappa shape index (κ1) is 18.9. The second kappa shape index (κ2) is 11.7. The Labute approximate surface area is 120 Å². The van der Waals surface area contributed by atoms with E-state index in [4.69, 9.17) is 9.47 Å². The molecule has 3 nitrogen and oxygen atoms in total. The minimum absolute atomic E-state index is 0.444. The van der Waals surface area contributed by atoms with Crippen LogP contribution in [0.15, 0.2) is 0 Å². The van der Waals surface area contributed by atoms with Crippen molar-refractivity contribution in [2.24, 2.45) is 11.3 Å². The molecule has 0 amide bonds. The molecule has 0 aromatic carbocycles. The first-order chi connectivity index (χ1) is 9.10. The Balaban J connectivity index is 3.87. The monoisotopic (exact) mass is 273 g/mol. The summed E-state index contributed by atoms with van der Waals surface area (Å²) in [5.41, 5.74) is 0.444. The van der Waals surface area contributed by atoms with Crippen LogP contribution in [0.2, 0.25) is 0 Å². The third-order valence-corrected chi connectivity index (χ3v) is 3.98. The van der Waals surface area contributed by atoms with Gasteiger partial charge in [0.1, 0.15) is 0 Å². The molecule has 116 valence electrons. The predicted molar refractivity (Wildman–Crippen MR) is 82.7 cm³/mol. The molecule has 0 radical (unpaired) electrons. The van der Waals surface area contributed by atoms with E-state index in [2.05, 4.69) is 33.0 Å². The number of ether oxygens (including phenoxy) is 2. The summed E-state index contributed by atoms with van der Waals surface area (Å²) in [7, 11) is 1.71. The summed E-state index contributed by atoms with van der Waals surface area (Å²) < 4.78 is 10.5. The lowest BCUT2D eigenvalue weighted by atomic mass is 9.78. The average Bonchev–Trinajstić information content (AvgIpc) is 2.40. The largest absolute Gasteiger partial charge is 0.382 e.